The quantitative estimate of drug-likeness (QED) is 0.915. The Bertz CT molecular complexity index is 585. The number of hydrogen-bond donors (Lipinski definition) is 1. The Morgan fingerprint density at radius 1 is 1.32 bits per heavy atom. The molecule has 1 aromatic heterocycles. The molecule has 0 radical (unpaired) electrons. The molecule has 2 aromatic rings. The molecule has 100 valence electrons. The number of benzene rings is 1. The van der Waals surface area contributed by atoms with Crippen LogP contribution >= 0.6 is 11.6 Å². The number of halogens is 1. The van der Waals surface area contributed by atoms with Crippen molar-refractivity contribution in [3.63, 3.8) is 0 Å². The Balaban J connectivity index is 2.08. The topological polar surface area (TPSA) is 42.1 Å². The molecule has 1 aliphatic rings. The van der Waals surface area contributed by atoms with Crippen molar-refractivity contribution < 1.29 is 0 Å². The SMILES string of the molecule is NCC1CCCCN1c1ccnc2cc(Cl)ccc12. The molecule has 1 fully saturated rings. The summed E-state index contributed by atoms with van der Waals surface area (Å²) < 4.78 is 0. The number of rotatable bonds is 2. The lowest BCUT2D eigenvalue weighted by molar-refractivity contribution is 0.466. The van der Waals surface area contributed by atoms with Crippen molar-refractivity contribution in [2.45, 2.75) is 25.3 Å². The first-order valence-electron chi connectivity index (χ1n) is 6.80. The molecule has 1 saturated heterocycles. The Morgan fingerprint density at radius 2 is 2.21 bits per heavy atom. The van der Waals surface area contributed by atoms with Gasteiger partial charge in [-0.05, 0) is 43.5 Å². The zero-order valence-corrected chi connectivity index (χ0v) is 11.6. The molecule has 1 unspecified atom stereocenters. The zero-order chi connectivity index (χ0) is 13.2. The molecule has 0 amide bonds. The number of nitrogens with zero attached hydrogens (tertiary/aromatic N) is 2. The smallest absolute Gasteiger partial charge is 0.0737 e. The highest BCUT2D eigenvalue weighted by Gasteiger charge is 2.22. The van der Waals surface area contributed by atoms with E-state index >= 15 is 0 Å². The highest BCUT2D eigenvalue weighted by Crippen LogP contribution is 2.31. The van der Waals surface area contributed by atoms with Gasteiger partial charge in [0.1, 0.15) is 0 Å². The predicted octanol–water partition coefficient (Wildman–Crippen LogP) is 3.21. The Labute approximate surface area is 118 Å². The maximum atomic E-state index is 6.04. The predicted molar refractivity (Wildman–Crippen MR) is 80.8 cm³/mol. The van der Waals surface area contributed by atoms with Crippen LogP contribution in [-0.4, -0.2) is 24.1 Å². The molecule has 0 bridgehead atoms. The van der Waals surface area contributed by atoms with Gasteiger partial charge in [-0.25, -0.2) is 0 Å². The summed E-state index contributed by atoms with van der Waals surface area (Å²) in [5.41, 5.74) is 8.10. The molecular weight excluding hydrogens is 258 g/mol. The van der Waals surface area contributed by atoms with Crippen molar-refractivity contribution in [1.29, 1.82) is 0 Å². The fourth-order valence-corrected chi connectivity index (χ4v) is 3.09. The minimum Gasteiger partial charge on any atom is -0.367 e. The molecule has 1 atom stereocenters. The van der Waals surface area contributed by atoms with Gasteiger partial charge in [-0.15, -0.1) is 0 Å². The first-order chi connectivity index (χ1) is 9.29. The van der Waals surface area contributed by atoms with Crippen LogP contribution in [0.25, 0.3) is 10.9 Å². The summed E-state index contributed by atoms with van der Waals surface area (Å²) >= 11 is 6.04. The number of nitrogens with two attached hydrogens (primary N) is 1. The highest BCUT2D eigenvalue weighted by molar-refractivity contribution is 6.31. The van der Waals surface area contributed by atoms with Gasteiger partial charge < -0.3 is 10.6 Å². The van der Waals surface area contributed by atoms with Gasteiger partial charge in [0.25, 0.3) is 0 Å². The highest BCUT2D eigenvalue weighted by atomic mass is 35.5. The van der Waals surface area contributed by atoms with Gasteiger partial charge in [0, 0.05) is 41.4 Å². The van der Waals surface area contributed by atoms with Crippen LogP contribution in [0.1, 0.15) is 19.3 Å². The van der Waals surface area contributed by atoms with Gasteiger partial charge in [-0.2, -0.15) is 0 Å². The molecule has 0 aliphatic carbocycles. The average molecular weight is 276 g/mol. The van der Waals surface area contributed by atoms with Crippen molar-refractivity contribution in [3.8, 4) is 0 Å². The summed E-state index contributed by atoms with van der Waals surface area (Å²) in [5, 5.41) is 1.89. The standard InChI is InChI=1S/C15H18ClN3/c16-11-4-5-13-14(9-11)18-7-6-15(13)19-8-2-1-3-12(19)10-17/h4-7,9,12H,1-3,8,10,17H2. The first kappa shape index (κ1) is 12.7. The van der Waals surface area contributed by atoms with E-state index in [9.17, 15) is 0 Å². The Morgan fingerprint density at radius 3 is 3.05 bits per heavy atom. The molecule has 0 spiro atoms. The number of anilines is 1. The lowest BCUT2D eigenvalue weighted by Crippen LogP contribution is -2.44. The van der Waals surface area contributed by atoms with Crippen LogP contribution in [0.3, 0.4) is 0 Å². The van der Waals surface area contributed by atoms with Crippen LogP contribution in [0.5, 0.6) is 0 Å². The minimum atomic E-state index is 0.440. The van der Waals surface area contributed by atoms with Crippen molar-refractivity contribution in [2.24, 2.45) is 5.73 Å². The molecule has 19 heavy (non-hydrogen) atoms. The molecule has 0 saturated carbocycles. The molecule has 1 aliphatic heterocycles. The third-order valence-corrected chi connectivity index (χ3v) is 4.13. The Hall–Kier alpha value is -1.32. The lowest BCUT2D eigenvalue weighted by Gasteiger charge is -2.37. The summed E-state index contributed by atoms with van der Waals surface area (Å²) in [4.78, 5) is 6.84. The Kier molecular flexibility index (Phi) is 3.58. The van der Waals surface area contributed by atoms with Crippen LogP contribution in [0.15, 0.2) is 30.5 Å². The van der Waals surface area contributed by atoms with E-state index in [0.717, 1.165) is 22.5 Å². The number of hydrogen-bond acceptors (Lipinski definition) is 3. The van der Waals surface area contributed by atoms with E-state index in [1.165, 1.54) is 24.9 Å². The van der Waals surface area contributed by atoms with E-state index in [4.69, 9.17) is 17.3 Å². The van der Waals surface area contributed by atoms with Crippen LogP contribution in [0.2, 0.25) is 5.02 Å². The fraction of sp³-hybridized carbons (Fsp3) is 0.400. The van der Waals surface area contributed by atoms with Gasteiger partial charge in [0.15, 0.2) is 0 Å². The summed E-state index contributed by atoms with van der Waals surface area (Å²) in [6.45, 7) is 1.78. The van der Waals surface area contributed by atoms with Crippen molar-refractivity contribution >= 4 is 28.2 Å². The molecule has 1 aromatic carbocycles. The number of aromatic nitrogens is 1. The maximum absolute atomic E-state index is 6.04. The summed E-state index contributed by atoms with van der Waals surface area (Å²) in [7, 11) is 0. The van der Waals surface area contributed by atoms with Crippen LogP contribution in [0, 0.1) is 0 Å². The van der Waals surface area contributed by atoms with E-state index in [1.54, 1.807) is 0 Å². The van der Waals surface area contributed by atoms with E-state index in [-0.39, 0.29) is 0 Å². The monoisotopic (exact) mass is 275 g/mol. The van der Waals surface area contributed by atoms with Gasteiger partial charge >= 0.3 is 0 Å². The number of pyridine rings is 1. The summed E-state index contributed by atoms with van der Waals surface area (Å²) in [6, 6.07) is 8.43. The molecule has 4 heteroatoms. The molecule has 2 heterocycles. The third-order valence-electron chi connectivity index (χ3n) is 3.89. The zero-order valence-electron chi connectivity index (χ0n) is 10.8. The van der Waals surface area contributed by atoms with Gasteiger partial charge in [-0.3, -0.25) is 4.98 Å². The second-order valence-electron chi connectivity index (χ2n) is 5.07. The first-order valence-corrected chi connectivity index (χ1v) is 7.18. The lowest BCUT2D eigenvalue weighted by atomic mass is 10.0. The number of fused-ring (bicyclic) bond motifs is 1. The van der Waals surface area contributed by atoms with Gasteiger partial charge in [-0.1, -0.05) is 11.6 Å². The van der Waals surface area contributed by atoms with E-state index < -0.39 is 0 Å². The maximum Gasteiger partial charge on any atom is 0.0737 e. The molecular formula is C15H18ClN3. The van der Waals surface area contributed by atoms with Gasteiger partial charge in [0.2, 0.25) is 0 Å². The number of piperidine rings is 1. The molecule has 3 rings (SSSR count). The third kappa shape index (κ3) is 2.40. The second kappa shape index (κ2) is 5.35. The second-order valence-corrected chi connectivity index (χ2v) is 5.51. The fourth-order valence-electron chi connectivity index (χ4n) is 2.92. The van der Waals surface area contributed by atoms with E-state index in [1.807, 2.05) is 18.3 Å². The molecule has 2 N–H and O–H groups in total. The van der Waals surface area contributed by atoms with Crippen LogP contribution in [-0.2, 0) is 0 Å². The molecule has 3 nitrogen and oxygen atoms in total. The summed E-state index contributed by atoms with van der Waals surface area (Å²) in [6.07, 6.45) is 5.53. The van der Waals surface area contributed by atoms with Crippen molar-refractivity contribution in [1.82, 2.24) is 4.98 Å². The van der Waals surface area contributed by atoms with E-state index in [2.05, 4.69) is 22.0 Å². The van der Waals surface area contributed by atoms with Crippen molar-refractivity contribution in [3.05, 3.63) is 35.5 Å². The van der Waals surface area contributed by atoms with Gasteiger partial charge in [0.05, 0.1) is 5.52 Å². The summed E-state index contributed by atoms with van der Waals surface area (Å²) in [5.74, 6) is 0. The normalized spacial score (nSPS) is 19.9. The van der Waals surface area contributed by atoms with Crippen LogP contribution < -0.4 is 10.6 Å². The average Bonchev–Trinajstić information content (AvgIpc) is 2.46. The minimum absolute atomic E-state index is 0.440. The van der Waals surface area contributed by atoms with Crippen LogP contribution in [0.4, 0.5) is 5.69 Å². The van der Waals surface area contributed by atoms with Crippen molar-refractivity contribution in [2.75, 3.05) is 18.0 Å². The largest absolute Gasteiger partial charge is 0.367 e. The van der Waals surface area contributed by atoms with E-state index in [0.29, 0.717) is 12.6 Å².